The molecule has 1 heterocycles. The zero-order chi connectivity index (χ0) is 16.6. The number of aliphatic imine (C=N–C) groups is 1. The number of hydrogen-bond acceptors (Lipinski definition) is 1. The SMILES string of the molecule is [Ir].[c-]1cc2ccccc2cc1C1=NC2C=CC=CC2=C1c1ccccc1. The molecule has 0 amide bonds. The van der Waals surface area contributed by atoms with Crippen molar-refractivity contribution in [1.82, 2.24) is 0 Å². The molecular weight excluding hydrogens is 494 g/mol. The van der Waals surface area contributed by atoms with Crippen molar-refractivity contribution >= 4 is 22.1 Å². The minimum Gasteiger partial charge on any atom is -0.320 e. The van der Waals surface area contributed by atoms with Gasteiger partial charge in [-0.05, 0) is 22.4 Å². The fourth-order valence-corrected chi connectivity index (χ4v) is 3.59. The van der Waals surface area contributed by atoms with Gasteiger partial charge in [0.15, 0.2) is 0 Å². The van der Waals surface area contributed by atoms with Gasteiger partial charge < -0.3 is 4.99 Å². The Kier molecular flexibility index (Phi) is 4.55. The minimum atomic E-state index is 0. The van der Waals surface area contributed by atoms with E-state index in [-0.39, 0.29) is 26.1 Å². The van der Waals surface area contributed by atoms with Crippen molar-refractivity contribution < 1.29 is 20.1 Å². The zero-order valence-corrected chi connectivity index (χ0v) is 16.4. The number of hydrogen-bond donors (Lipinski definition) is 0. The van der Waals surface area contributed by atoms with Gasteiger partial charge in [-0.25, -0.2) is 0 Å². The second kappa shape index (κ2) is 6.99. The van der Waals surface area contributed by atoms with Crippen LogP contribution in [0.25, 0.3) is 16.3 Å². The van der Waals surface area contributed by atoms with Gasteiger partial charge in [-0.15, -0.1) is 29.1 Å². The fourth-order valence-electron chi connectivity index (χ4n) is 3.59. The first kappa shape index (κ1) is 16.9. The van der Waals surface area contributed by atoms with Crippen LogP contribution in [-0.2, 0) is 20.1 Å². The van der Waals surface area contributed by atoms with Crippen molar-refractivity contribution in [2.24, 2.45) is 4.99 Å². The van der Waals surface area contributed by atoms with E-state index >= 15 is 0 Å². The number of nitrogens with zero attached hydrogens (tertiary/aromatic N) is 1. The van der Waals surface area contributed by atoms with E-state index in [1.807, 2.05) is 0 Å². The molecule has 0 N–H and O–H groups in total. The molecule has 1 radical (unpaired) electrons. The first-order valence-corrected chi connectivity index (χ1v) is 8.54. The summed E-state index contributed by atoms with van der Waals surface area (Å²) in [5.74, 6) is 0. The van der Waals surface area contributed by atoms with E-state index in [1.165, 1.54) is 27.5 Å². The number of fused-ring (bicyclic) bond motifs is 2. The Morgan fingerprint density at radius 3 is 2.46 bits per heavy atom. The Morgan fingerprint density at radius 1 is 0.846 bits per heavy atom. The van der Waals surface area contributed by atoms with Crippen molar-refractivity contribution in [3.05, 3.63) is 114 Å². The summed E-state index contributed by atoms with van der Waals surface area (Å²) in [5.41, 5.74) is 5.79. The topological polar surface area (TPSA) is 12.4 Å². The molecule has 1 aliphatic heterocycles. The van der Waals surface area contributed by atoms with Gasteiger partial charge in [-0.2, -0.15) is 0 Å². The summed E-state index contributed by atoms with van der Waals surface area (Å²) in [6, 6.07) is 26.8. The second-order valence-corrected chi connectivity index (χ2v) is 6.34. The molecule has 0 saturated heterocycles. The first-order valence-electron chi connectivity index (χ1n) is 8.54. The van der Waals surface area contributed by atoms with Crippen LogP contribution in [0.3, 0.4) is 0 Å². The van der Waals surface area contributed by atoms with Gasteiger partial charge in [0, 0.05) is 20.1 Å². The first-order chi connectivity index (χ1) is 12.4. The molecule has 2 aliphatic rings. The zero-order valence-electron chi connectivity index (χ0n) is 14.0. The molecule has 1 unspecified atom stereocenters. The molecule has 2 heteroatoms. The molecule has 1 atom stereocenters. The summed E-state index contributed by atoms with van der Waals surface area (Å²) in [4.78, 5) is 5.02. The van der Waals surface area contributed by atoms with Crippen LogP contribution in [0.5, 0.6) is 0 Å². The van der Waals surface area contributed by atoms with Crippen LogP contribution in [0.15, 0.2) is 102 Å². The minimum absolute atomic E-state index is 0. The molecule has 1 nitrogen and oxygen atoms in total. The third-order valence-corrected chi connectivity index (χ3v) is 4.79. The smallest absolute Gasteiger partial charge is 0.0833 e. The van der Waals surface area contributed by atoms with Gasteiger partial charge in [0.05, 0.1) is 6.04 Å². The van der Waals surface area contributed by atoms with E-state index in [1.54, 1.807) is 0 Å². The summed E-state index contributed by atoms with van der Waals surface area (Å²) in [6.07, 6.45) is 8.52. The molecule has 127 valence electrons. The Balaban J connectivity index is 0.00000168. The quantitative estimate of drug-likeness (QED) is 0.410. The Hall–Kier alpha value is -2.54. The normalized spacial score (nSPS) is 17.8. The number of rotatable bonds is 2. The molecule has 0 aromatic heterocycles. The van der Waals surface area contributed by atoms with E-state index in [0.717, 1.165) is 11.3 Å². The van der Waals surface area contributed by atoms with Crippen LogP contribution >= 0.6 is 0 Å². The van der Waals surface area contributed by atoms with Gasteiger partial charge in [0.2, 0.25) is 0 Å². The van der Waals surface area contributed by atoms with Gasteiger partial charge in [0.25, 0.3) is 0 Å². The predicted octanol–water partition coefficient (Wildman–Crippen LogP) is 5.39. The van der Waals surface area contributed by atoms with Crippen LogP contribution in [0.1, 0.15) is 11.1 Å². The van der Waals surface area contributed by atoms with Crippen LogP contribution < -0.4 is 0 Å². The van der Waals surface area contributed by atoms with Crippen molar-refractivity contribution in [3.63, 3.8) is 0 Å². The standard InChI is InChI=1S/C24H16N.Ir/c1-2-9-18(10-3-1)23-21-12-6-7-13-22(21)25-24(23)20-15-14-17-8-4-5-11-19(17)16-20;/h1-14,16,22H;/q-1;. The summed E-state index contributed by atoms with van der Waals surface area (Å²) in [6.45, 7) is 0. The van der Waals surface area contributed by atoms with Crippen molar-refractivity contribution in [1.29, 1.82) is 0 Å². The van der Waals surface area contributed by atoms with E-state index < -0.39 is 0 Å². The summed E-state index contributed by atoms with van der Waals surface area (Å²) in [7, 11) is 0. The van der Waals surface area contributed by atoms with Gasteiger partial charge in [-0.1, -0.05) is 84.3 Å². The van der Waals surface area contributed by atoms with Crippen LogP contribution in [0.4, 0.5) is 0 Å². The molecule has 3 aromatic rings. The van der Waals surface area contributed by atoms with Crippen LogP contribution in [0.2, 0.25) is 0 Å². The van der Waals surface area contributed by atoms with Gasteiger partial charge >= 0.3 is 0 Å². The van der Waals surface area contributed by atoms with Gasteiger partial charge in [-0.3, -0.25) is 0 Å². The van der Waals surface area contributed by atoms with Gasteiger partial charge in [0.1, 0.15) is 0 Å². The molecule has 0 bridgehead atoms. The van der Waals surface area contributed by atoms with E-state index in [0.29, 0.717) is 0 Å². The van der Waals surface area contributed by atoms with Crippen molar-refractivity contribution in [2.75, 3.05) is 0 Å². The fraction of sp³-hybridized carbons (Fsp3) is 0.0417. The van der Waals surface area contributed by atoms with Crippen molar-refractivity contribution in [2.45, 2.75) is 6.04 Å². The maximum absolute atomic E-state index is 5.02. The van der Waals surface area contributed by atoms with Crippen LogP contribution in [-0.4, -0.2) is 11.8 Å². The Labute approximate surface area is 166 Å². The molecule has 3 aromatic carbocycles. The molecule has 0 spiro atoms. The molecule has 1 aliphatic carbocycles. The average molecular weight is 511 g/mol. The Bertz CT molecular complexity index is 1090. The summed E-state index contributed by atoms with van der Waals surface area (Å²) < 4.78 is 0. The number of allylic oxidation sites excluding steroid dienone is 3. The van der Waals surface area contributed by atoms with Crippen LogP contribution in [0, 0.1) is 6.07 Å². The van der Waals surface area contributed by atoms with E-state index in [4.69, 9.17) is 4.99 Å². The molecule has 0 fully saturated rings. The molecule has 0 saturated carbocycles. The monoisotopic (exact) mass is 511 g/mol. The predicted molar refractivity (Wildman–Crippen MR) is 105 cm³/mol. The maximum atomic E-state index is 5.02. The van der Waals surface area contributed by atoms with E-state index in [2.05, 4.69) is 97.1 Å². The molecule has 5 rings (SSSR count). The summed E-state index contributed by atoms with van der Waals surface area (Å²) >= 11 is 0. The third-order valence-electron chi connectivity index (χ3n) is 4.79. The summed E-state index contributed by atoms with van der Waals surface area (Å²) in [5, 5.41) is 2.42. The van der Waals surface area contributed by atoms with Crippen molar-refractivity contribution in [3.8, 4) is 0 Å². The number of benzene rings is 3. The second-order valence-electron chi connectivity index (χ2n) is 6.34. The molecule has 26 heavy (non-hydrogen) atoms. The Morgan fingerprint density at radius 2 is 1.62 bits per heavy atom. The average Bonchev–Trinajstić information content (AvgIpc) is 3.08. The maximum Gasteiger partial charge on any atom is 0.0833 e. The third kappa shape index (κ3) is 2.82. The molecular formula is C24H16IrN-. The van der Waals surface area contributed by atoms with E-state index in [9.17, 15) is 0 Å². The largest absolute Gasteiger partial charge is 0.320 e.